The minimum Gasteiger partial charge on any atom is -0.455 e. The molecule has 6 heteroatoms. The minimum atomic E-state index is 0.509. The van der Waals surface area contributed by atoms with Crippen molar-refractivity contribution in [3.8, 4) is 39.6 Å². The van der Waals surface area contributed by atoms with Crippen LogP contribution in [-0.2, 0) is 0 Å². The molecule has 0 atom stereocenters. The highest BCUT2D eigenvalue weighted by atomic mass is 32.1. The second-order valence-electron chi connectivity index (χ2n) is 14.4. The van der Waals surface area contributed by atoms with Crippen molar-refractivity contribution in [3.63, 3.8) is 0 Å². The van der Waals surface area contributed by atoms with Crippen LogP contribution >= 0.6 is 11.3 Å². The van der Waals surface area contributed by atoms with Crippen LogP contribution in [0.4, 0.5) is 0 Å². The maximum atomic E-state index is 6.85. The number of furan rings is 1. The van der Waals surface area contributed by atoms with E-state index < -0.39 is 0 Å². The van der Waals surface area contributed by atoms with Gasteiger partial charge in [0.1, 0.15) is 11.0 Å². The number of rotatable bonds is 6. The van der Waals surface area contributed by atoms with Crippen molar-refractivity contribution in [2.24, 2.45) is 0 Å². The molecule has 0 radical (unpaired) electrons. The number of hydrogen-bond donors (Lipinski definition) is 0. The molecule has 0 saturated carbocycles. The fourth-order valence-corrected chi connectivity index (χ4v) is 9.31. The Kier molecular flexibility index (Phi) is 7.98. The normalized spacial score (nSPS) is 12.5. The predicted octanol–water partition coefficient (Wildman–Crippen LogP) is 12.3. The van der Waals surface area contributed by atoms with E-state index in [4.69, 9.17) is 19.4 Å². The summed E-state index contributed by atoms with van der Waals surface area (Å²) in [5.41, 5.74) is 9.48. The highest BCUT2D eigenvalue weighted by Gasteiger charge is 2.19. The molecule has 0 aliphatic carbocycles. The van der Waals surface area contributed by atoms with Gasteiger partial charge in [0, 0.05) is 64.4 Å². The first-order valence-corrected chi connectivity index (χ1v) is 20.1. The number of aromatic nitrogens is 4. The van der Waals surface area contributed by atoms with Gasteiger partial charge in [-0.25, -0.2) is 15.0 Å². The van der Waals surface area contributed by atoms with Gasteiger partial charge in [-0.3, -0.25) is 0 Å². The molecule has 0 amide bonds. The van der Waals surface area contributed by atoms with Crippen molar-refractivity contribution in [2.75, 3.05) is 0 Å². The van der Waals surface area contributed by atoms with E-state index in [2.05, 4.69) is 163 Å². The third-order valence-electron chi connectivity index (χ3n) is 10.9. The number of benzene rings is 7. The van der Waals surface area contributed by atoms with E-state index in [9.17, 15) is 0 Å². The molecule has 0 aliphatic rings. The fourth-order valence-electron chi connectivity index (χ4n) is 8.16. The summed E-state index contributed by atoms with van der Waals surface area (Å²) in [6.07, 6.45) is 4.01. The van der Waals surface area contributed by atoms with Crippen molar-refractivity contribution < 1.29 is 4.42 Å². The molecule has 11 aromatic rings. The van der Waals surface area contributed by atoms with Gasteiger partial charge in [0.15, 0.2) is 17.5 Å². The van der Waals surface area contributed by atoms with Gasteiger partial charge >= 0.3 is 0 Å². The average molecular weight is 763 g/mol. The van der Waals surface area contributed by atoms with Crippen molar-refractivity contribution >= 4 is 76.4 Å². The number of thiophene rings is 1. The Bertz CT molecular complexity index is 3520. The number of nitrogens with zero attached hydrogens (tertiary/aromatic N) is 4. The summed E-state index contributed by atoms with van der Waals surface area (Å²) in [7, 11) is 0. The van der Waals surface area contributed by atoms with Crippen molar-refractivity contribution in [2.45, 2.75) is 6.92 Å². The molecule has 5 nitrogen and oxygen atoms in total. The molecule has 4 aromatic heterocycles. The van der Waals surface area contributed by atoms with E-state index >= 15 is 0 Å². The molecule has 274 valence electrons. The van der Waals surface area contributed by atoms with E-state index in [1.54, 1.807) is 11.3 Å². The van der Waals surface area contributed by atoms with Crippen LogP contribution in [0.1, 0.15) is 12.7 Å². The molecule has 4 heterocycles. The number of fused-ring (bicyclic) bond motifs is 7. The third kappa shape index (κ3) is 5.57. The van der Waals surface area contributed by atoms with Crippen molar-refractivity contribution in [3.05, 3.63) is 192 Å². The zero-order valence-corrected chi connectivity index (χ0v) is 32.4. The van der Waals surface area contributed by atoms with Gasteiger partial charge in [-0.15, -0.1) is 11.3 Å². The Balaban J connectivity index is 1.14. The van der Waals surface area contributed by atoms with E-state index in [0.29, 0.717) is 22.9 Å². The SMILES string of the molecule is C=c1/c(=C(\C=C/C)c2nc(-c3ccc(-c4ccccc4)cc3)nc(-c3ccc4c(c3)sc3ccccc34)n2)oc2cc3c(cc12)c1ccccc1n3-c1ccccc1. The summed E-state index contributed by atoms with van der Waals surface area (Å²) in [5.74, 6) is 1.67. The number of hydrogen-bond acceptors (Lipinski definition) is 5. The monoisotopic (exact) mass is 762 g/mol. The summed E-state index contributed by atoms with van der Waals surface area (Å²) >= 11 is 1.78. The van der Waals surface area contributed by atoms with Crippen LogP contribution in [0, 0.1) is 0 Å². The number of allylic oxidation sites excluding steroid dienone is 2. The molecule has 0 saturated heterocycles. The third-order valence-corrected chi connectivity index (χ3v) is 12.1. The van der Waals surface area contributed by atoms with Gasteiger partial charge < -0.3 is 8.98 Å². The van der Waals surface area contributed by atoms with Crippen LogP contribution in [-0.4, -0.2) is 19.5 Å². The summed E-state index contributed by atoms with van der Waals surface area (Å²) in [4.78, 5) is 15.5. The van der Waals surface area contributed by atoms with Crippen molar-refractivity contribution in [1.29, 1.82) is 0 Å². The molecule has 11 rings (SSSR count). The predicted molar refractivity (Wildman–Crippen MR) is 242 cm³/mol. The van der Waals surface area contributed by atoms with Crippen LogP contribution < -0.4 is 10.6 Å². The smallest absolute Gasteiger partial charge is 0.167 e. The first kappa shape index (κ1) is 33.9. The van der Waals surface area contributed by atoms with Crippen LogP contribution in [0.5, 0.6) is 0 Å². The molecule has 0 unspecified atom stereocenters. The molecule has 7 aromatic carbocycles. The fraction of sp³-hybridized carbons (Fsp3) is 0.0192. The Labute approximate surface area is 337 Å². The summed E-state index contributed by atoms with van der Waals surface area (Å²) in [6, 6.07) is 57.2. The van der Waals surface area contributed by atoms with E-state index in [1.807, 2.05) is 31.2 Å². The second kappa shape index (κ2) is 13.7. The van der Waals surface area contributed by atoms with Gasteiger partial charge in [0.25, 0.3) is 0 Å². The van der Waals surface area contributed by atoms with Gasteiger partial charge in [0.05, 0.1) is 16.6 Å². The van der Waals surface area contributed by atoms with E-state index in [-0.39, 0.29) is 0 Å². The van der Waals surface area contributed by atoms with E-state index in [0.717, 1.165) is 66.1 Å². The molecular formula is C52H34N4OS. The highest BCUT2D eigenvalue weighted by Crippen LogP contribution is 2.37. The van der Waals surface area contributed by atoms with Crippen LogP contribution in [0.2, 0.25) is 0 Å². The Morgan fingerprint density at radius 3 is 1.98 bits per heavy atom. The largest absolute Gasteiger partial charge is 0.455 e. The van der Waals surface area contributed by atoms with Crippen molar-refractivity contribution in [1.82, 2.24) is 19.5 Å². The quantitative estimate of drug-likeness (QED) is 0.169. The lowest BCUT2D eigenvalue weighted by molar-refractivity contribution is 0.573. The summed E-state index contributed by atoms with van der Waals surface area (Å²) < 4.78 is 11.6. The second-order valence-corrected chi connectivity index (χ2v) is 15.5. The molecule has 0 spiro atoms. The molecule has 0 N–H and O–H groups in total. The average Bonchev–Trinajstić information content (AvgIpc) is 3.93. The maximum Gasteiger partial charge on any atom is 0.167 e. The van der Waals surface area contributed by atoms with Crippen LogP contribution in [0.15, 0.2) is 180 Å². The molecule has 0 fully saturated rings. The lowest BCUT2D eigenvalue weighted by atomic mass is 10.0. The first-order chi connectivity index (χ1) is 28.6. The van der Waals surface area contributed by atoms with Gasteiger partial charge in [-0.2, -0.15) is 0 Å². The standard InChI is InChI=1S/C52H34N4OS/c1-3-14-41(49-32(2)42-30-43-38-19-10-12-21-44(38)56(37-17-8-5-9-18-37)45(43)31-46(42)57-49)52-54-50(35-25-23-34(24-26-35)33-15-6-4-7-16-33)53-51(55-52)36-27-28-40-39-20-11-13-22-47(39)58-48(40)29-36/h3-31H,2H2,1H3/b14-3-,49-41-. The summed E-state index contributed by atoms with van der Waals surface area (Å²) in [6.45, 7) is 6.61. The number of para-hydroxylation sites is 2. The maximum absolute atomic E-state index is 6.85. The first-order valence-electron chi connectivity index (χ1n) is 19.3. The summed E-state index contributed by atoms with van der Waals surface area (Å²) in [5, 5.41) is 6.51. The van der Waals surface area contributed by atoms with Crippen LogP contribution in [0.25, 0.3) is 105 Å². The topological polar surface area (TPSA) is 56.7 Å². The van der Waals surface area contributed by atoms with Gasteiger partial charge in [0.2, 0.25) is 0 Å². The van der Waals surface area contributed by atoms with Crippen LogP contribution in [0.3, 0.4) is 0 Å². The van der Waals surface area contributed by atoms with Gasteiger partial charge in [-0.1, -0.05) is 140 Å². The zero-order valence-electron chi connectivity index (χ0n) is 31.6. The Morgan fingerprint density at radius 2 is 1.19 bits per heavy atom. The van der Waals surface area contributed by atoms with E-state index in [1.165, 1.54) is 25.6 Å². The zero-order chi connectivity index (χ0) is 38.7. The molecule has 0 bridgehead atoms. The molecule has 58 heavy (non-hydrogen) atoms. The Morgan fingerprint density at radius 1 is 0.552 bits per heavy atom. The minimum absolute atomic E-state index is 0.509. The molecule has 0 aliphatic heterocycles. The lowest BCUT2D eigenvalue weighted by Crippen LogP contribution is -2.22. The highest BCUT2D eigenvalue weighted by molar-refractivity contribution is 7.25. The molecular weight excluding hydrogens is 729 g/mol. The van der Waals surface area contributed by atoms with Gasteiger partial charge in [-0.05, 0) is 54.4 Å². The lowest BCUT2D eigenvalue weighted by Gasteiger charge is -2.09. The Hall–Kier alpha value is -7.41.